The molecule has 0 saturated heterocycles. The molecule has 166 valence electrons. The summed E-state index contributed by atoms with van der Waals surface area (Å²) in [7, 11) is 1.75. The standard InChI is InChI=1S/C24H26N6O.HI/c1-17-13-18(2)30(29-17)22-12-8-7-11-20(22)14-26-24(25-3)27-15-21-16-31-23(28-21)19-9-5-4-6-10-19;/h4-13,16H,14-15H2,1-3H3,(H2,25,26,27);1H. The number of guanidine groups is 1. The van der Waals surface area contributed by atoms with Gasteiger partial charge in [-0.05, 0) is 43.7 Å². The van der Waals surface area contributed by atoms with Gasteiger partial charge in [0, 0.05) is 24.8 Å². The number of para-hydroxylation sites is 1. The van der Waals surface area contributed by atoms with E-state index in [9.17, 15) is 0 Å². The van der Waals surface area contributed by atoms with E-state index in [-0.39, 0.29) is 24.0 Å². The fourth-order valence-electron chi connectivity index (χ4n) is 3.42. The first-order valence-corrected chi connectivity index (χ1v) is 10.2. The Morgan fingerprint density at radius 2 is 1.72 bits per heavy atom. The van der Waals surface area contributed by atoms with Crippen LogP contribution in [0.25, 0.3) is 17.1 Å². The molecular weight excluding hydrogens is 515 g/mol. The van der Waals surface area contributed by atoms with Crippen molar-refractivity contribution in [3.8, 4) is 17.1 Å². The molecule has 0 aliphatic heterocycles. The highest BCUT2D eigenvalue weighted by molar-refractivity contribution is 14.0. The van der Waals surface area contributed by atoms with Gasteiger partial charge >= 0.3 is 0 Å². The molecule has 0 unspecified atom stereocenters. The van der Waals surface area contributed by atoms with Crippen LogP contribution < -0.4 is 10.6 Å². The summed E-state index contributed by atoms with van der Waals surface area (Å²) in [4.78, 5) is 8.87. The highest BCUT2D eigenvalue weighted by Gasteiger charge is 2.10. The minimum atomic E-state index is 0. The van der Waals surface area contributed by atoms with Crippen molar-refractivity contribution in [3.05, 3.63) is 89.6 Å². The van der Waals surface area contributed by atoms with Crippen LogP contribution in [-0.2, 0) is 13.1 Å². The fourth-order valence-corrected chi connectivity index (χ4v) is 3.42. The number of oxazole rings is 1. The molecule has 8 heteroatoms. The van der Waals surface area contributed by atoms with E-state index in [1.807, 2.05) is 54.1 Å². The van der Waals surface area contributed by atoms with Crippen molar-refractivity contribution in [2.24, 2.45) is 4.99 Å². The molecule has 0 amide bonds. The Labute approximate surface area is 205 Å². The topological polar surface area (TPSA) is 80.3 Å². The van der Waals surface area contributed by atoms with Crippen molar-refractivity contribution < 1.29 is 4.42 Å². The van der Waals surface area contributed by atoms with E-state index in [4.69, 9.17) is 4.42 Å². The van der Waals surface area contributed by atoms with Gasteiger partial charge in [-0.3, -0.25) is 4.99 Å². The van der Waals surface area contributed by atoms with Crippen LogP contribution in [0.1, 0.15) is 22.6 Å². The molecule has 0 atom stereocenters. The van der Waals surface area contributed by atoms with Gasteiger partial charge in [-0.2, -0.15) is 5.10 Å². The molecule has 0 spiro atoms. The zero-order valence-electron chi connectivity index (χ0n) is 18.4. The van der Waals surface area contributed by atoms with Crippen molar-refractivity contribution in [2.75, 3.05) is 7.05 Å². The molecule has 32 heavy (non-hydrogen) atoms. The molecule has 0 bridgehead atoms. The minimum Gasteiger partial charge on any atom is -0.444 e. The van der Waals surface area contributed by atoms with Gasteiger partial charge in [0.15, 0.2) is 5.96 Å². The molecule has 0 fully saturated rings. The maximum atomic E-state index is 5.60. The number of aromatic nitrogens is 3. The number of aryl methyl sites for hydroxylation is 2. The van der Waals surface area contributed by atoms with Gasteiger partial charge in [-0.15, -0.1) is 24.0 Å². The predicted molar refractivity (Wildman–Crippen MR) is 137 cm³/mol. The number of nitrogens with one attached hydrogen (secondary N) is 2. The lowest BCUT2D eigenvalue weighted by Gasteiger charge is -2.14. The molecule has 4 aromatic rings. The van der Waals surface area contributed by atoms with Crippen LogP contribution in [0.3, 0.4) is 0 Å². The second kappa shape index (κ2) is 10.9. The van der Waals surface area contributed by atoms with Crippen LogP contribution in [0.15, 0.2) is 76.3 Å². The first kappa shape index (κ1) is 23.5. The minimum absolute atomic E-state index is 0. The third-order valence-electron chi connectivity index (χ3n) is 4.91. The number of aliphatic imine (C=N–C) groups is 1. The van der Waals surface area contributed by atoms with Crippen molar-refractivity contribution >= 4 is 29.9 Å². The summed E-state index contributed by atoms with van der Waals surface area (Å²) in [6.07, 6.45) is 1.67. The highest BCUT2D eigenvalue weighted by Crippen LogP contribution is 2.18. The van der Waals surface area contributed by atoms with E-state index in [1.54, 1.807) is 13.3 Å². The Morgan fingerprint density at radius 1 is 1.00 bits per heavy atom. The van der Waals surface area contributed by atoms with Crippen molar-refractivity contribution in [3.63, 3.8) is 0 Å². The average molecular weight is 542 g/mol. The van der Waals surface area contributed by atoms with E-state index in [0.717, 1.165) is 33.9 Å². The Hall–Kier alpha value is -3.14. The molecule has 0 aliphatic carbocycles. The number of benzene rings is 2. The van der Waals surface area contributed by atoms with Gasteiger partial charge in [-0.1, -0.05) is 36.4 Å². The molecule has 2 aromatic carbocycles. The first-order chi connectivity index (χ1) is 15.1. The van der Waals surface area contributed by atoms with Crippen LogP contribution in [-0.4, -0.2) is 27.8 Å². The maximum Gasteiger partial charge on any atom is 0.226 e. The summed E-state index contributed by atoms with van der Waals surface area (Å²) in [5.74, 6) is 1.30. The summed E-state index contributed by atoms with van der Waals surface area (Å²) in [5, 5.41) is 11.3. The Kier molecular flexibility index (Phi) is 8.04. The molecular formula is C24H27IN6O. The Bertz CT molecular complexity index is 1180. The maximum absolute atomic E-state index is 5.60. The van der Waals surface area contributed by atoms with E-state index in [2.05, 4.69) is 50.8 Å². The monoisotopic (exact) mass is 542 g/mol. The largest absolute Gasteiger partial charge is 0.444 e. The van der Waals surface area contributed by atoms with Crippen LogP contribution in [0.5, 0.6) is 0 Å². The molecule has 4 rings (SSSR count). The summed E-state index contributed by atoms with van der Waals surface area (Å²) in [6, 6.07) is 20.2. The molecule has 0 saturated carbocycles. The summed E-state index contributed by atoms with van der Waals surface area (Å²) in [5.41, 5.74) is 6.05. The quantitative estimate of drug-likeness (QED) is 0.211. The smallest absolute Gasteiger partial charge is 0.226 e. The molecule has 2 N–H and O–H groups in total. The number of rotatable bonds is 6. The molecule has 0 aliphatic rings. The van der Waals surface area contributed by atoms with Gasteiger partial charge < -0.3 is 15.1 Å². The lowest BCUT2D eigenvalue weighted by Crippen LogP contribution is -2.36. The second-order valence-corrected chi connectivity index (χ2v) is 7.26. The van der Waals surface area contributed by atoms with Gasteiger partial charge in [0.05, 0.1) is 23.6 Å². The molecule has 0 radical (unpaired) electrons. The normalized spacial score (nSPS) is 11.2. The fraction of sp³-hybridized carbons (Fsp3) is 0.208. The van der Waals surface area contributed by atoms with Gasteiger partial charge in [0.2, 0.25) is 5.89 Å². The molecule has 7 nitrogen and oxygen atoms in total. The van der Waals surface area contributed by atoms with Gasteiger partial charge in [0.25, 0.3) is 0 Å². The van der Waals surface area contributed by atoms with Crippen LogP contribution in [0, 0.1) is 13.8 Å². The summed E-state index contributed by atoms with van der Waals surface area (Å²) in [6.45, 7) is 5.19. The Balaban J connectivity index is 0.00000289. The third-order valence-corrected chi connectivity index (χ3v) is 4.91. The van der Waals surface area contributed by atoms with E-state index < -0.39 is 0 Å². The average Bonchev–Trinajstić information content (AvgIpc) is 3.40. The van der Waals surface area contributed by atoms with Crippen molar-refractivity contribution in [1.82, 2.24) is 25.4 Å². The number of hydrogen-bond donors (Lipinski definition) is 2. The first-order valence-electron chi connectivity index (χ1n) is 10.2. The van der Waals surface area contributed by atoms with E-state index in [0.29, 0.717) is 24.9 Å². The van der Waals surface area contributed by atoms with Crippen LogP contribution in [0.4, 0.5) is 0 Å². The number of hydrogen-bond acceptors (Lipinski definition) is 4. The SMILES string of the molecule is CN=C(NCc1coc(-c2ccccc2)n1)NCc1ccccc1-n1nc(C)cc1C.I. The third kappa shape index (κ3) is 5.56. The zero-order valence-corrected chi connectivity index (χ0v) is 20.7. The second-order valence-electron chi connectivity index (χ2n) is 7.26. The number of halogens is 1. The van der Waals surface area contributed by atoms with Crippen molar-refractivity contribution in [2.45, 2.75) is 26.9 Å². The van der Waals surface area contributed by atoms with E-state index >= 15 is 0 Å². The summed E-state index contributed by atoms with van der Waals surface area (Å²) < 4.78 is 7.58. The van der Waals surface area contributed by atoms with Crippen LogP contribution in [0.2, 0.25) is 0 Å². The molecule has 2 aromatic heterocycles. The zero-order chi connectivity index (χ0) is 21.6. The van der Waals surface area contributed by atoms with Gasteiger partial charge in [-0.25, -0.2) is 9.67 Å². The van der Waals surface area contributed by atoms with Crippen molar-refractivity contribution in [1.29, 1.82) is 0 Å². The predicted octanol–water partition coefficient (Wildman–Crippen LogP) is 4.63. The van der Waals surface area contributed by atoms with Crippen LogP contribution >= 0.6 is 24.0 Å². The highest BCUT2D eigenvalue weighted by atomic mass is 127. The van der Waals surface area contributed by atoms with Gasteiger partial charge in [0.1, 0.15) is 6.26 Å². The lowest BCUT2D eigenvalue weighted by molar-refractivity contribution is 0.572. The summed E-state index contributed by atoms with van der Waals surface area (Å²) >= 11 is 0. The Morgan fingerprint density at radius 3 is 2.44 bits per heavy atom. The lowest BCUT2D eigenvalue weighted by atomic mass is 10.1. The number of nitrogens with zero attached hydrogens (tertiary/aromatic N) is 4. The van der Waals surface area contributed by atoms with E-state index in [1.165, 1.54) is 0 Å². The molecule has 2 heterocycles.